The molecule has 44 valence electrons. The van der Waals surface area contributed by atoms with Crippen molar-refractivity contribution in [3.05, 3.63) is 0 Å². The minimum Gasteiger partial charge on any atom is -0.462 e. The molecule has 2 heteroatoms. The van der Waals surface area contributed by atoms with E-state index in [1.54, 1.807) is 6.11 Å². The average molecular weight is 112 g/mol. The van der Waals surface area contributed by atoms with Gasteiger partial charge >= 0.3 is 0 Å². The summed E-state index contributed by atoms with van der Waals surface area (Å²) in [6.45, 7) is 1.89. The van der Waals surface area contributed by atoms with Gasteiger partial charge in [-0.05, 0) is 6.42 Å². The molecule has 0 aliphatic carbocycles. The van der Waals surface area contributed by atoms with Crippen molar-refractivity contribution in [1.82, 2.24) is 0 Å². The van der Waals surface area contributed by atoms with Crippen molar-refractivity contribution >= 4 is 5.78 Å². The van der Waals surface area contributed by atoms with Gasteiger partial charge in [-0.15, -0.1) is 0 Å². The number of carbonyl (C=O) groups is 1. The Hall–Kier alpha value is -0.970. The molecule has 0 fully saturated rings. The molecule has 0 saturated heterocycles. The number of aliphatic hydroxyl groups excluding tert-OH is 1. The maximum atomic E-state index is 10.3. The number of aliphatic hydroxyl groups is 1. The first-order valence-corrected chi connectivity index (χ1v) is 2.49. The fourth-order valence-electron chi connectivity index (χ4n) is 0.352. The van der Waals surface area contributed by atoms with Crippen LogP contribution in [0.25, 0.3) is 0 Å². The number of rotatable bonds is 2. The van der Waals surface area contributed by atoms with Gasteiger partial charge in [0, 0.05) is 12.3 Å². The Balaban J connectivity index is 3.44. The Morgan fingerprint density at radius 2 is 2.38 bits per heavy atom. The van der Waals surface area contributed by atoms with Crippen molar-refractivity contribution in [2.24, 2.45) is 0 Å². The quantitative estimate of drug-likeness (QED) is 0.533. The van der Waals surface area contributed by atoms with Gasteiger partial charge in [-0.2, -0.15) is 0 Å². The van der Waals surface area contributed by atoms with Gasteiger partial charge in [0.2, 0.25) is 5.78 Å². The highest BCUT2D eigenvalue weighted by molar-refractivity contribution is 5.95. The van der Waals surface area contributed by atoms with Crippen LogP contribution >= 0.6 is 0 Å². The first-order chi connectivity index (χ1) is 3.81. The molecule has 0 aliphatic rings. The minimum atomic E-state index is -0.199. The molecule has 0 unspecified atom stereocenters. The third kappa shape index (κ3) is 3.23. The van der Waals surface area contributed by atoms with Gasteiger partial charge in [0.25, 0.3) is 0 Å². The number of Topliss-reactive ketones (excluding diaryl/α,β-unsaturated/α-hetero) is 1. The second kappa shape index (κ2) is 4.20. The molecule has 0 aromatic rings. The topological polar surface area (TPSA) is 37.3 Å². The van der Waals surface area contributed by atoms with Crippen LogP contribution in [-0.4, -0.2) is 10.9 Å². The van der Waals surface area contributed by atoms with Crippen LogP contribution in [0.3, 0.4) is 0 Å². The van der Waals surface area contributed by atoms with E-state index < -0.39 is 0 Å². The zero-order chi connectivity index (χ0) is 6.41. The Morgan fingerprint density at radius 3 is 2.75 bits per heavy atom. The fraction of sp³-hybridized carbons (Fsp3) is 0.500. The van der Waals surface area contributed by atoms with Crippen molar-refractivity contribution in [1.29, 1.82) is 0 Å². The molecule has 2 nitrogen and oxygen atoms in total. The molecule has 0 saturated carbocycles. The lowest BCUT2D eigenvalue weighted by Gasteiger charge is -1.80. The van der Waals surface area contributed by atoms with Crippen molar-refractivity contribution in [3.63, 3.8) is 0 Å². The highest BCUT2D eigenvalue weighted by Crippen LogP contribution is 1.85. The normalized spacial score (nSPS) is 7.12. The summed E-state index contributed by atoms with van der Waals surface area (Å²) in [5.74, 6) is 1.81. The molecule has 0 heterocycles. The smallest absolute Gasteiger partial charge is 0.208 e. The van der Waals surface area contributed by atoms with Gasteiger partial charge in [-0.3, -0.25) is 4.79 Å². The molecule has 1 N–H and O–H groups in total. The van der Waals surface area contributed by atoms with Crippen LogP contribution in [0.5, 0.6) is 0 Å². The predicted octanol–water partition coefficient (Wildman–Crippen LogP) is 0.689. The second-order valence-electron chi connectivity index (χ2n) is 1.41. The summed E-state index contributed by atoms with van der Waals surface area (Å²) in [7, 11) is 0. The van der Waals surface area contributed by atoms with E-state index in [1.165, 1.54) is 0 Å². The minimum absolute atomic E-state index is 0.199. The number of hydrogen-bond acceptors (Lipinski definition) is 2. The summed E-state index contributed by atoms with van der Waals surface area (Å²) in [5, 5.41) is 7.88. The van der Waals surface area contributed by atoms with E-state index in [-0.39, 0.29) is 5.78 Å². The molecule has 0 radical (unpaired) electrons. The van der Waals surface area contributed by atoms with Crippen LogP contribution < -0.4 is 0 Å². The number of ketones is 1. The molecule has 8 heavy (non-hydrogen) atoms. The monoisotopic (exact) mass is 112 g/mol. The SMILES string of the molecule is CCCC(=O)C#CO. The summed E-state index contributed by atoms with van der Waals surface area (Å²) in [5.41, 5.74) is 0. The molecule has 0 bridgehead atoms. The molecule has 0 aliphatic heterocycles. The first kappa shape index (κ1) is 7.03. The third-order valence-corrected chi connectivity index (χ3v) is 0.672. The largest absolute Gasteiger partial charge is 0.462 e. The lowest BCUT2D eigenvalue weighted by atomic mass is 10.2. The second-order valence-corrected chi connectivity index (χ2v) is 1.41. The first-order valence-electron chi connectivity index (χ1n) is 2.49. The molecule has 0 aromatic heterocycles. The Morgan fingerprint density at radius 1 is 1.75 bits per heavy atom. The van der Waals surface area contributed by atoms with Gasteiger partial charge in [0.05, 0.1) is 0 Å². The van der Waals surface area contributed by atoms with E-state index in [2.05, 4.69) is 0 Å². The van der Waals surface area contributed by atoms with E-state index in [0.717, 1.165) is 6.42 Å². The van der Waals surface area contributed by atoms with Crippen LogP contribution in [0, 0.1) is 12.0 Å². The molecule has 0 atom stereocenters. The third-order valence-electron chi connectivity index (χ3n) is 0.672. The summed E-state index contributed by atoms with van der Waals surface area (Å²) >= 11 is 0. The van der Waals surface area contributed by atoms with Crippen LogP contribution in [0.2, 0.25) is 0 Å². The van der Waals surface area contributed by atoms with Crippen LogP contribution in [-0.2, 0) is 4.79 Å². The molecular weight excluding hydrogens is 104 g/mol. The number of carbonyl (C=O) groups excluding carboxylic acids is 1. The molecule has 0 rings (SSSR count). The highest BCUT2D eigenvalue weighted by atomic mass is 16.2. The van der Waals surface area contributed by atoms with Crippen molar-refractivity contribution in [3.8, 4) is 12.0 Å². The zero-order valence-corrected chi connectivity index (χ0v) is 4.77. The van der Waals surface area contributed by atoms with E-state index in [9.17, 15) is 4.79 Å². The van der Waals surface area contributed by atoms with E-state index in [1.807, 2.05) is 12.8 Å². The summed E-state index contributed by atoms with van der Waals surface area (Å²) in [6, 6.07) is 0. The molecular formula is C6H8O2. The average Bonchev–Trinajstić information content (AvgIpc) is 1.68. The van der Waals surface area contributed by atoms with Crippen molar-refractivity contribution in [2.45, 2.75) is 19.8 Å². The maximum absolute atomic E-state index is 10.3. The predicted molar refractivity (Wildman–Crippen MR) is 29.6 cm³/mol. The summed E-state index contributed by atoms with van der Waals surface area (Å²) < 4.78 is 0. The maximum Gasteiger partial charge on any atom is 0.208 e. The lowest BCUT2D eigenvalue weighted by Crippen LogP contribution is -1.89. The summed E-state index contributed by atoms with van der Waals surface area (Å²) in [6.07, 6.45) is 2.78. The van der Waals surface area contributed by atoms with Gasteiger partial charge < -0.3 is 5.11 Å². The van der Waals surface area contributed by atoms with Crippen LogP contribution in [0.1, 0.15) is 19.8 Å². The van der Waals surface area contributed by atoms with Gasteiger partial charge in [0.1, 0.15) is 6.11 Å². The molecule has 0 aromatic carbocycles. The standard InChI is InChI=1S/C6H8O2/c1-2-3-6(8)4-5-7/h7H,2-3H2,1H3. The zero-order valence-electron chi connectivity index (χ0n) is 4.77. The molecule has 0 spiro atoms. The Bertz CT molecular complexity index is 127. The van der Waals surface area contributed by atoms with Crippen LogP contribution in [0.15, 0.2) is 0 Å². The van der Waals surface area contributed by atoms with Gasteiger partial charge in [-0.1, -0.05) is 6.92 Å². The lowest BCUT2D eigenvalue weighted by molar-refractivity contribution is -0.113. The Labute approximate surface area is 48.5 Å². The highest BCUT2D eigenvalue weighted by Gasteiger charge is 1.90. The van der Waals surface area contributed by atoms with Gasteiger partial charge in [0.15, 0.2) is 0 Å². The molecule has 0 amide bonds. The van der Waals surface area contributed by atoms with E-state index in [4.69, 9.17) is 5.11 Å². The fourth-order valence-corrected chi connectivity index (χ4v) is 0.352. The van der Waals surface area contributed by atoms with Crippen LogP contribution in [0.4, 0.5) is 0 Å². The van der Waals surface area contributed by atoms with Crippen molar-refractivity contribution < 1.29 is 9.90 Å². The van der Waals surface area contributed by atoms with E-state index >= 15 is 0 Å². The van der Waals surface area contributed by atoms with Crippen molar-refractivity contribution in [2.75, 3.05) is 0 Å². The van der Waals surface area contributed by atoms with Gasteiger partial charge in [-0.25, -0.2) is 0 Å². The number of hydrogen-bond donors (Lipinski definition) is 1. The Kier molecular flexibility index (Phi) is 3.69. The summed E-state index contributed by atoms with van der Waals surface area (Å²) in [4.78, 5) is 10.3. The van der Waals surface area contributed by atoms with E-state index in [0.29, 0.717) is 6.42 Å².